The highest BCUT2D eigenvalue weighted by Crippen LogP contribution is 2.25. The van der Waals surface area contributed by atoms with Crippen molar-refractivity contribution in [2.75, 3.05) is 13.1 Å². The molecule has 27 heavy (non-hydrogen) atoms. The zero-order chi connectivity index (χ0) is 18.8. The van der Waals surface area contributed by atoms with Crippen molar-refractivity contribution < 1.29 is 13.9 Å². The van der Waals surface area contributed by atoms with Gasteiger partial charge in [0.1, 0.15) is 18.1 Å². The number of amides is 1. The highest BCUT2D eigenvalue weighted by molar-refractivity contribution is 5.92. The minimum atomic E-state index is -0.0737. The molecule has 2 heterocycles. The Hall–Kier alpha value is -2.79. The van der Waals surface area contributed by atoms with Crippen LogP contribution in [0.15, 0.2) is 59.0 Å². The maximum Gasteiger partial charge on any atom is 0.289 e. The molecule has 0 radical (unpaired) electrons. The maximum atomic E-state index is 12.7. The highest BCUT2D eigenvalue weighted by atomic mass is 16.5. The molecular formula is C22H24N2O3. The molecule has 3 aromatic rings. The third kappa shape index (κ3) is 3.69. The molecule has 5 heteroatoms. The molecule has 0 spiro atoms. The average Bonchev–Trinajstić information content (AvgIpc) is 3.32. The minimum Gasteiger partial charge on any atom is -0.486 e. The van der Waals surface area contributed by atoms with Crippen LogP contribution >= 0.6 is 0 Å². The number of carbonyl (C=O) groups is 1. The Labute approximate surface area is 158 Å². The summed E-state index contributed by atoms with van der Waals surface area (Å²) in [6.45, 7) is 3.64. The van der Waals surface area contributed by atoms with E-state index in [1.165, 1.54) is 5.39 Å². The van der Waals surface area contributed by atoms with Crippen molar-refractivity contribution in [3.05, 3.63) is 66.1 Å². The largest absolute Gasteiger partial charge is 0.486 e. The molecule has 2 N–H and O–H groups in total. The molecular weight excluding hydrogens is 340 g/mol. The number of furan rings is 1. The molecule has 1 amide bonds. The number of hydrogen-bond donors (Lipinski definition) is 1. The first-order chi connectivity index (χ1) is 13.1. The predicted molar refractivity (Wildman–Crippen MR) is 105 cm³/mol. The van der Waals surface area contributed by atoms with Gasteiger partial charge in [0.25, 0.3) is 5.91 Å². The summed E-state index contributed by atoms with van der Waals surface area (Å²) in [6, 6.07) is 17.8. The van der Waals surface area contributed by atoms with Gasteiger partial charge in [-0.05, 0) is 60.8 Å². The molecule has 2 unspecified atom stereocenters. The molecule has 2 aromatic carbocycles. The average molecular weight is 364 g/mol. The summed E-state index contributed by atoms with van der Waals surface area (Å²) in [5, 5.41) is 2.30. The molecule has 5 nitrogen and oxygen atoms in total. The third-order valence-corrected chi connectivity index (χ3v) is 5.23. The molecule has 140 valence electrons. The van der Waals surface area contributed by atoms with Crippen LogP contribution in [0.4, 0.5) is 0 Å². The summed E-state index contributed by atoms with van der Waals surface area (Å²) in [4.78, 5) is 14.6. The molecule has 1 aliphatic heterocycles. The van der Waals surface area contributed by atoms with E-state index < -0.39 is 0 Å². The second-order valence-corrected chi connectivity index (χ2v) is 7.21. The molecule has 4 rings (SSSR count). The quantitative estimate of drug-likeness (QED) is 0.747. The fourth-order valence-electron chi connectivity index (χ4n) is 3.72. The van der Waals surface area contributed by atoms with E-state index in [0.29, 0.717) is 30.5 Å². The number of fused-ring (bicyclic) bond motifs is 1. The van der Waals surface area contributed by atoms with Gasteiger partial charge in [-0.2, -0.15) is 0 Å². The van der Waals surface area contributed by atoms with Crippen LogP contribution in [-0.2, 0) is 6.61 Å². The van der Waals surface area contributed by atoms with Crippen LogP contribution in [0, 0.1) is 5.92 Å². The molecule has 1 saturated heterocycles. The van der Waals surface area contributed by atoms with E-state index in [-0.39, 0.29) is 18.6 Å². The molecule has 0 saturated carbocycles. The first-order valence-corrected chi connectivity index (χ1v) is 9.35. The van der Waals surface area contributed by atoms with Gasteiger partial charge >= 0.3 is 0 Å². The van der Waals surface area contributed by atoms with Crippen LogP contribution < -0.4 is 10.5 Å². The van der Waals surface area contributed by atoms with Crippen molar-refractivity contribution in [2.24, 2.45) is 11.7 Å². The van der Waals surface area contributed by atoms with Crippen molar-refractivity contribution in [1.82, 2.24) is 4.90 Å². The minimum absolute atomic E-state index is 0.0737. The van der Waals surface area contributed by atoms with E-state index in [0.717, 1.165) is 17.6 Å². The van der Waals surface area contributed by atoms with Gasteiger partial charge in [-0.15, -0.1) is 0 Å². The second kappa shape index (κ2) is 7.45. The summed E-state index contributed by atoms with van der Waals surface area (Å²) in [7, 11) is 0. The number of benzene rings is 2. The van der Waals surface area contributed by atoms with Crippen LogP contribution in [0.2, 0.25) is 0 Å². The van der Waals surface area contributed by atoms with E-state index in [1.54, 1.807) is 12.1 Å². The maximum absolute atomic E-state index is 12.7. The zero-order valence-electron chi connectivity index (χ0n) is 15.4. The Kier molecular flexibility index (Phi) is 4.86. The first-order valence-electron chi connectivity index (χ1n) is 9.35. The van der Waals surface area contributed by atoms with Gasteiger partial charge in [-0.25, -0.2) is 0 Å². The number of ether oxygens (including phenoxy) is 1. The van der Waals surface area contributed by atoms with E-state index in [4.69, 9.17) is 14.9 Å². The van der Waals surface area contributed by atoms with Crippen molar-refractivity contribution >= 4 is 16.7 Å². The molecule has 1 fully saturated rings. The number of likely N-dealkylation sites (tertiary alicyclic amines) is 1. The Morgan fingerprint density at radius 2 is 2.00 bits per heavy atom. The number of rotatable bonds is 5. The summed E-state index contributed by atoms with van der Waals surface area (Å²) < 4.78 is 11.6. The molecule has 0 aliphatic carbocycles. The first kappa shape index (κ1) is 17.6. The lowest BCUT2D eigenvalue weighted by Gasteiger charge is -2.20. The normalized spacial score (nSPS) is 19.6. The SMILES string of the molecule is CC1CC(CN)CN1C(=O)c1ccc(COc2ccc3ccccc3c2)o1. The van der Waals surface area contributed by atoms with Gasteiger partial charge < -0.3 is 19.8 Å². The van der Waals surface area contributed by atoms with Crippen LogP contribution in [0.25, 0.3) is 10.8 Å². The summed E-state index contributed by atoms with van der Waals surface area (Å²) >= 11 is 0. The van der Waals surface area contributed by atoms with E-state index >= 15 is 0 Å². The Balaban J connectivity index is 1.41. The van der Waals surface area contributed by atoms with E-state index in [2.05, 4.69) is 19.1 Å². The lowest BCUT2D eigenvalue weighted by molar-refractivity contribution is 0.0707. The number of hydrogen-bond acceptors (Lipinski definition) is 4. The number of nitrogens with two attached hydrogens (primary N) is 1. The van der Waals surface area contributed by atoms with Gasteiger partial charge in [0.15, 0.2) is 5.76 Å². The Morgan fingerprint density at radius 3 is 2.78 bits per heavy atom. The number of carbonyl (C=O) groups excluding carboxylic acids is 1. The topological polar surface area (TPSA) is 68.7 Å². The Bertz CT molecular complexity index is 949. The second-order valence-electron chi connectivity index (χ2n) is 7.21. The number of nitrogens with zero attached hydrogens (tertiary/aromatic N) is 1. The lowest BCUT2D eigenvalue weighted by Crippen LogP contribution is -2.34. The zero-order valence-corrected chi connectivity index (χ0v) is 15.4. The van der Waals surface area contributed by atoms with Crippen LogP contribution in [0.5, 0.6) is 5.75 Å². The monoisotopic (exact) mass is 364 g/mol. The van der Waals surface area contributed by atoms with Gasteiger partial charge in [0, 0.05) is 12.6 Å². The van der Waals surface area contributed by atoms with Crippen molar-refractivity contribution in [3.63, 3.8) is 0 Å². The van der Waals surface area contributed by atoms with Gasteiger partial charge in [-0.1, -0.05) is 30.3 Å². The fourth-order valence-corrected chi connectivity index (χ4v) is 3.72. The lowest BCUT2D eigenvalue weighted by atomic mass is 10.1. The smallest absolute Gasteiger partial charge is 0.289 e. The summed E-state index contributed by atoms with van der Waals surface area (Å²) in [5.74, 6) is 2.06. The van der Waals surface area contributed by atoms with Gasteiger partial charge in [0.05, 0.1) is 0 Å². The standard InChI is InChI=1S/C22H24N2O3/c1-15-10-16(12-23)13-24(15)22(25)21-9-8-20(27-21)14-26-19-7-6-17-4-2-3-5-18(17)11-19/h2-9,11,15-16H,10,12-14,23H2,1H3. The fraction of sp³-hybridized carbons (Fsp3) is 0.318. The molecule has 1 aromatic heterocycles. The molecule has 0 bridgehead atoms. The van der Waals surface area contributed by atoms with E-state index in [9.17, 15) is 4.79 Å². The molecule has 1 aliphatic rings. The van der Waals surface area contributed by atoms with Crippen molar-refractivity contribution in [2.45, 2.75) is 26.0 Å². The predicted octanol–water partition coefficient (Wildman–Crippen LogP) is 3.82. The van der Waals surface area contributed by atoms with Crippen LogP contribution in [0.1, 0.15) is 29.7 Å². The summed E-state index contributed by atoms with van der Waals surface area (Å²) in [5.41, 5.74) is 5.75. The summed E-state index contributed by atoms with van der Waals surface area (Å²) in [6.07, 6.45) is 0.945. The third-order valence-electron chi connectivity index (χ3n) is 5.23. The van der Waals surface area contributed by atoms with Crippen molar-refractivity contribution in [1.29, 1.82) is 0 Å². The highest BCUT2D eigenvalue weighted by Gasteiger charge is 2.33. The van der Waals surface area contributed by atoms with Gasteiger partial charge in [-0.3, -0.25) is 4.79 Å². The van der Waals surface area contributed by atoms with Gasteiger partial charge in [0.2, 0.25) is 0 Å². The van der Waals surface area contributed by atoms with Crippen LogP contribution in [0.3, 0.4) is 0 Å². The van der Waals surface area contributed by atoms with Crippen molar-refractivity contribution in [3.8, 4) is 5.75 Å². The van der Waals surface area contributed by atoms with Crippen LogP contribution in [-0.4, -0.2) is 29.9 Å². The molecule has 2 atom stereocenters. The van der Waals surface area contributed by atoms with E-state index in [1.807, 2.05) is 35.2 Å². The Morgan fingerprint density at radius 1 is 1.19 bits per heavy atom.